The fourth-order valence-corrected chi connectivity index (χ4v) is 9.45. The van der Waals surface area contributed by atoms with Gasteiger partial charge in [0, 0.05) is 33.9 Å². The number of para-hydroxylation sites is 1. The monoisotopic (exact) mass is 763 g/mol. The Hall–Kier alpha value is -7.94. The van der Waals surface area contributed by atoms with Crippen LogP contribution >= 0.6 is 0 Å². The van der Waals surface area contributed by atoms with Crippen molar-refractivity contribution in [3.05, 3.63) is 224 Å². The van der Waals surface area contributed by atoms with E-state index in [4.69, 9.17) is 4.42 Å². The van der Waals surface area contributed by atoms with Crippen LogP contribution < -0.4 is 4.90 Å². The van der Waals surface area contributed by atoms with Crippen LogP contribution in [-0.2, 0) is 0 Å². The molecule has 280 valence electrons. The number of hydrogen-bond acceptors (Lipinski definition) is 2. The van der Waals surface area contributed by atoms with Gasteiger partial charge in [0.1, 0.15) is 11.2 Å². The van der Waals surface area contributed by atoms with Crippen molar-refractivity contribution in [3.63, 3.8) is 0 Å². The second kappa shape index (κ2) is 13.9. The molecule has 0 aliphatic rings. The molecule has 0 fully saturated rings. The van der Waals surface area contributed by atoms with E-state index < -0.39 is 0 Å². The van der Waals surface area contributed by atoms with Gasteiger partial charge in [0.05, 0.1) is 0 Å². The molecule has 12 aromatic rings. The second-order valence-electron chi connectivity index (χ2n) is 15.6. The SMILES string of the molecule is c1ccc(-c2c(-c3ccccc3)c3cc(-c4cccc(N(c5ccc6c(ccc7ccccc76)c5)c5ccc6c(c5)oc5ccccc56)c4)ccc3c3ccccc23)cc1. The molecule has 2 heteroatoms. The highest BCUT2D eigenvalue weighted by atomic mass is 16.3. The minimum Gasteiger partial charge on any atom is -0.456 e. The number of hydrogen-bond donors (Lipinski definition) is 0. The molecule has 0 unspecified atom stereocenters. The molecule has 0 N–H and O–H groups in total. The quantitative estimate of drug-likeness (QED) is 0.157. The molecule has 11 aromatic carbocycles. The van der Waals surface area contributed by atoms with Crippen molar-refractivity contribution in [3.8, 4) is 33.4 Å². The number of fused-ring (bicyclic) bond motifs is 9. The third-order valence-corrected chi connectivity index (χ3v) is 12.2. The molecule has 0 aliphatic heterocycles. The normalized spacial score (nSPS) is 11.7. The van der Waals surface area contributed by atoms with Crippen molar-refractivity contribution in [2.24, 2.45) is 0 Å². The van der Waals surface area contributed by atoms with Gasteiger partial charge in [-0.15, -0.1) is 0 Å². The highest BCUT2D eigenvalue weighted by Crippen LogP contribution is 2.46. The Kier molecular flexibility index (Phi) is 7.89. The number of benzene rings is 11. The summed E-state index contributed by atoms with van der Waals surface area (Å²) in [6.07, 6.45) is 0. The van der Waals surface area contributed by atoms with Gasteiger partial charge >= 0.3 is 0 Å². The molecular weight excluding hydrogens is 727 g/mol. The largest absolute Gasteiger partial charge is 0.456 e. The molecule has 0 aliphatic carbocycles. The van der Waals surface area contributed by atoms with E-state index in [1.807, 2.05) is 12.1 Å². The number of anilines is 3. The van der Waals surface area contributed by atoms with Gasteiger partial charge in [-0.25, -0.2) is 0 Å². The third kappa shape index (κ3) is 5.57. The van der Waals surface area contributed by atoms with Gasteiger partial charge in [-0.1, -0.05) is 170 Å². The van der Waals surface area contributed by atoms with Gasteiger partial charge in [0.15, 0.2) is 0 Å². The number of nitrogens with zero attached hydrogens (tertiary/aromatic N) is 1. The van der Waals surface area contributed by atoms with Crippen LogP contribution in [0.15, 0.2) is 229 Å². The molecule has 60 heavy (non-hydrogen) atoms. The Morgan fingerprint density at radius 1 is 0.250 bits per heavy atom. The molecule has 12 rings (SSSR count). The van der Waals surface area contributed by atoms with Crippen molar-refractivity contribution >= 4 is 82.1 Å². The minimum absolute atomic E-state index is 0.867. The van der Waals surface area contributed by atoms with Crippen LogP contribution in [0.2, 0.25) is 0 Å². The van der Waals surface area contributed by atoms with Gasteiger partial charge in [0.25, 0.3) is 0 Å². The highest BCUT2D eigenvalue weighted by Gasteiger charge is 2.20. The molecular formula is C58H37NO. The standard InChI is InChI=1S/C58H37NO/c1-3-15-39(16-4-1)57-53-24-10-9-22-49(53)50-31-28-42(36-54(50)58(57)40-17-5-2-6-18-40)41-19-13-20-44(34-41)59(46-30-33-52-51-23-11-12-25-55(51)60-56(52)37-46)45-29-32-48-43(35-45)27-26-38-14-7-8-21-47(38)48/h1-37H. The first-order valence-electron chi connectivity index (χ1n) is 20.6. The first-order chi connectivity index (χ1) is 29.7. The molecule has 0 saturated heterocycles. The lowest BCUT2D eigenvalue weighted by Crippen LogP contribution is -2.10. The third-order valence-electron chi connectivity index (χ3n) is 12.2. The molecule has 0 atom stereocenters. The molecule has 0 spiro atoms. The summed E-state index contributed by atoms with van der Waals surface area (Å²) in [5.74, 6) is 0. The Bertz CT molecular complexity index is 3600. The smallest absolute Gasteiger partial charge is 0.137 e. The zero-order valence-electron chi connectivity index (χ0n) is 32.7. The van der Waals surface area contributed by atoms with Crippen molar-refractivity contribution in [2.75, 3.05) is 4.90 Å². The molecule has 0 radical (unpaired) electrons. The van der Waals surface area contributed by atoms with Crippen molar-refractivity contribution in [2.45, 2.75) is 0 Å². The first-order valence-corrected chi connectivity index (χ1v) is 20.6. The second-order valence-corrected chi connectivity index (χ2v) is 15.6. The van der Waals surface area contributed by atoms with Crippen LogP contribution in [0.25, 0.3) is 98.4 Å². The number of furan rings is 1. The van der Waals surface area contributed by atoms with Crippen LogP contribution in [0.3, 0.4) is 0 Å². The average molecular weight is 764 g/mol. The summed E-state index contributed by atoms with van der Waals surface area (Å²) >= 11 is 0. The van der Waals surface area contributed by atoms with E-state index in [0.717, 1.165) is 50.1 Å². The van der Waals surface area contributed by atoms with E-state index >= 15 is 0 Å². The van der Waals surface area contributed by atoms with E-state index in [2.05, 4.69) is 217 Å². The Morgan fingerprint density at radius 3 is 1.57 bits per heavy atom. The maximum absolute atomic E-state index is 6.46. The molecule has 1 heterocycles. The van der Waals surface area contributed by atoms with Gasteiger partial charge in [-0.2, -0.15) is 0 Å². The molecule has 1 aromatic heterocycles. The van der Waals surface area contributed by atoms with Gasteiger partial charge in [-0.3, -0.25) is 0 Å². The van der Waals surface area contributed by atoms with Crippen LogP contribution in [-0.4, -0.2) is 0 Å². The maximum atomic E-state index is 6.46. The summed E-state index contributed by atoms with van der Waals surface area (Å²) in [6.45, 7) is 0. The Labute approximate surface area is 347 Å². The lowest BCUT2D eigenvalue weighted by atomic mass is 9.84. The Balaban J connectivity index is 1.07. The van der Waals surface area contributed by atoms with Crippen LogP contribution in [0.1, 0.15) is 0 Å². The van der Waals surface area contributed by atoms with Crippen LogP contribution in [0.5, 0.6) is 0 Å². The van der Waals surface area contributed by atoms with Crippen molar-refractivity contribution < 1.29 is 4.42 Å². The lowest BCUT2D eigenvalue weighted by molar-refractivity contribution is 0.669. The predicted octanol–water partition coefficient (Wildman–Crippen LogP) is 16.7. The summed E-state index contributed by atoms with van der Waals surface area (Å²) < 4.78 is 6.46. The minimum atomic E-state index is 0.867. The fourth-order valence-electron chi connectivity index (χ4n) is 9.45. The summed E-state index contributed by atoms with van der Waals surface area (Å²) in [5.41, 5.74) is 12.2. The molecule has 0 saturated carbocycles. The van der Waals surface area contributed by atoms with Gasteiger partial charge < -0.3 is 9.32 Å². The molecule has 0 bridgehead atoms. The highest BCUT2D eigenvalue weighted by molar-refractivity contribution is 6.22. The van der Waals surface area contributed by atoms with Gasteiger partial charge in [-0.05, 0) is 125 Å². The zero-order chi connectivity index (χ0) is 39.6. The van der Waals surface area contributed by atoms with E-state index in [-0.39, 0.29) is 0 Å². The Morgan fingerprint density at radius 2 is 0.767 bits per heavy atom. The van der Waals surface area contributed by atoms with Crippen LogP contribution in [0.4, 0.5) is 17.1 Å². The topological polar surface area (TPSA) is 16.4 Å². The average Bonchev–Trinajstić information content (AvgIpc) is 3.69. The van der Waals surface area contributed by atoms with E-state index in [1.165, 1.54) is 65.3 Å². The van der Waals surface area contributed by atoms with Gasteiger partial charge in [0.2, 0.25) is 0 Å². The maximum Gasteiger partial charge on any atom is 0.137 e. The zero-order valence-corrected chi connectivity index (χ0v) is 32.7. The summed E-state index contributed by atoms with van der Waals surface area (Å²) in [6, 6.07) is 81.4. The predicted molar refractivity (Wildman–Crippen MR) is 255 cm³/mol. The first kappa shape index (κ1) is 34.1. The molecule has 2 nitrogen and oxygen atoms in total. The van der Waals surface area contributed by atoms with E-state index in [9.17, 15) is 0 Å². The lowest BCUT2D eigenvalue weighted by Gasteiger charge is -2.26. The number of rotatable bonds is 6. The van der Waals surface area contributed by atoms with Crippen molar-refractivity contribution in [1.82, 2.24) is 0 Å². The molecule has 0 amide bonds. The summed E-state index contributed by atoms with van der Waals surface area (Å²) in [5, 5.41) is 12.2. The summed E-state index contributed by atoms with van der Waals surface area (Å²) in [7, 11) is 0. The fraction of sp³-hybridized carbons (Fsp3) is 0. The summed E-state index contributed by atoms with van der Waals surface area (Å²) in [4.78, 5) is 2.36. The van der Waals surface area contributed by atoms with Crippen molar-refractivity contribution in [1.29, 1.82) is 0 Å². The van der Waals surface area contributed by atoms with E-state index in [0.29, 0.717) is 0 Å². The van der Waals surface area contributed by atoms with Crippen LogP contribution in [0, 0.1) is 0 Å². The van der Waals surface area contributed by atoms with E-state index in [1.54, 1.807) is 0 Å².